The van der Waals surface area contributed by atoms with Crippen LogP contribution in [-0.4, -0.2) is 28.5 Å². The van der Waals surface area contributed by atoms with Crippen LogP contribution in [0.5, 0.6) is 0 Å². The Morgan fingerprint density at radius 1 is 1.30 bits per heavy atom. The molecule has 1 rings (SSSR count). The molecular weight excluding hydrogens is 332 g/mol. The van der Waals surface area contributed by atoms with Gasteiger partial charge in [-0.25, -0.2) is 22.7 Å². The third-order valence-corrected chi connectivity index (χ3v) is 3.05. The monoisotopic (exact) mass is 339 g/mol. The third kappa shape index (κ3) is 4.51. The van der Waals surface area contributed by atoms with E-state index in [0.717, 1.165) is 7.11 Å². The summed E-state index contributed by atoms with van der Waals surface area (Å²) in [6.07, 6.45) is 0. The van der Waals surface area contributed by atoms with Crippen molar-refractivity contribution >= 4 is 28.4 Å². The number of hydrogen-bond donors (Lipinski definition) is 1. The Bertz CT molecular complexity index is 634. The average molecular weight is 339 g/mol. The second kappa shape index (κ2) is 6.85. The van der Waals surface area contributed by atoms with Crippen LogP contribution in [0.15, 0.2) is 17.0 Å². The number of primary sulfonamides is 1. The molecule has 0 saturated heterocycles. The number of nitrogens with two attached hydrogens (primary N) is 1. The molecular formula is C8H7BF4KNO4S. The summed E-state index contributed by atoms with van der Waals surface area (Å²) >= 11 is 0. The standard InChI is InChI=1S/C8H7BF4NO4S.K/c1-18-8(15)5-2-4(19(14,16)17)3-6(7(5)10)9(11,12)13;/h2-3H,1H3,(H2,14,16,17);/q-1;+1. The van der Waals surface area contributed by atoms with Gasteiger partial charge < -0.3 is 17.7 Å². The zero-order valence-corrected chi connectivity index (χ0v) is 14.3. The van der Waals surface area contributed by atoms with Crippen molar-refractivity contribution < 1.29 is 86.7 Å². The van der Waals surface area contributed by atoms with Gasteiger partial charge in [0, 0.05) is 0 Å². The molecule has 12 heteroatoms. The normalized spacial score (nSPS) is 11.7. The van der Waals surface area contributed by atoms with Crippen molar-refractivity contribution in [3.63, 3.8) is 0 Å². The van der Waals surface area contributed by atoms with Gasteiger partial charge in [-0.1, -0.05) is 11.5 Å². The van der Waals surface area contributed by atoms with E-state index >= 15 is 0 Å². The van der Waals surface area contributed by atoms with Gasteiger partial charge in [0.1, 0.15) is 5.82 Å². The molecule has 0 amide bonds. The van der Waals surface area contributed by atoms with Crippen LogP contribution in [0.1, 0.15) is 10.4 Å². The van der Waals surface area contributed by atoms with Gasteiger partial charge >= 0.3 is 64.3 Å². The number of rotatable bonds is 3. The molecule has 0 saturated carbocycles. The number of esters is 1. The minimum Gasteiger partial charge on any atom is -0.465 e. The average Bonchev–Trinajstić information content (AvgIpc) is 2.25. The van der Waals surface area contributed by atoms with Crippen LogP contribution >= 0.6 is 0 Å². The summed E-state index contributed by atoms with van der Waals surface area (Å²) in [5.74, 6) is -3.34. The Labute approximate surface area is 154 Å². The molecule has 0 atom stereocenters. The second-order valence-electron chi connectivity index (χ2n) is 3.49. The van der Waals surface area contributed by atoms with E-state index in [0.29, 0.717) is 6.07 Å². The van der Waals surface area contributed by atoms with E-state index < -0.39 is 44.7 Å². The van der Waals surface area contributed by atoms with Gasteiger partial charge in [0.05, 0.1) is 17.6 Å². The Balaban J connectivity index is 0.00000361. The third-order valence-electron chi connectivity index (χ3n) is 2.16. The van der Waals surface area contributed by atoms with Gasteiger partial charge in [0.15, 0.2) is 0 Å². The molecule has 1 aromatic rings. The van der Waals surface area contributed by atoms with Crippen molar-refractivity contribution in [1.29, 1.82) is 0 Å². The number of hydrogen-bond acceptors (Lipinski definition) is 4. The molecule has 0 aliphatic carbocycles. The van der Waals surface area contributed by atoms with E-state index in [4.69, 9.17) is 0 Å². The molecule has 5 nitrogen and oxygen atoms in total. The second-order valence-corrected chi connectivity index (χ2v) is 5.05. The number of methoxy groups -OCH3 is 1. The molecule has 1 aromatic carbocycles. The fraction of sp³-hybridized carbons (Fsp3) is 0.125. The Hall–Kier alpha value is 0.0213. The fourth-order valence-corrected chi connectivity index (χ4v) is 1.85. The first-order valence-electron chi connectivity index (χ1n) is 4.63. The van der Waals surface area contributed by atoms with Crippen LogP contribution in [0.2, 0.25) is 0 Å². The van der Waals surface area contributed by atoms with Crippen LogP contribution in [0, 0.1) is 5.82 Å². The summed E-state index contributed by atoms with van der Waals surface area (Å²) in [6.45, 7) is -5.86. The van der Waals surface area contributed by atoms with E-state index in [-0.39, 0.29) is 57.5 Å². The quantitative estimate of drug-likeness (QED) is 0.369. The van der Waals surface area contributed by atoms with Crippen molar-refractivity contribution in [3.8, 4) is 0 Å². The van der Waals surface area contributed by atoms with Crippen LogP contribution < -0.4 is 62.0 Å². The smallest absolute Gasteiger partial charge is 0.465 e. The minimum absolute atomic E-state index is 0. The number of ether oxygens (including phenoxy) is 1. The van der Waals surface area contributed by atoms with Crippen LogP contribution in [0.3, 0.4) is 0 Å². The number of carbonyl (C=O) groups excluding carboxylic acids is 1. The van der Waals surface area contributed by atoms with Crippen molar-refractivity contribution in [2.75, 3.05) is 7.11 Å². The predicted molar refractivity (Wildman–Crippen MR) is 57.8 cm³/mol. The van der Waals surface area contributed by atoms with Crippen LogP contribution in [0.4, 0.5) is 17.3 Å². The Morgan fingerprint density at radius 3 is 2.15 bits per heavy atom. The van der Waals surface area contributed by atoms with Crippen molar-refractivity contribution in [2.24, 2.45) is 5.14 Å². The van der Waals surface area contributed by atoms with E-state index in [1.807, 2.05) is 0 Å². The Morgan fingerprint density at radius 2 is 1.80 bits per heavy atom. The van der Waals surface area contributed by atoms with Gasteiger partial charge in [0.25, 0.3) is 0 Å². The molecule has 0 heterocycles. The van der Waals surface area contributed by atoms with Crippen LogP contribution in [0.25, 0.3) is 0 Å². The first-order chi connectivity index (χ1) is 8.48. The van der Waals surface area contributed by atoms with Gasteiger partial charge in [-0.3, -0.25) is 0 Å². The summed E-state index contributed by atoms with van der Waals surface area (Å²) in [4.78, 5) is 10.1. The number of halogens is 4. The van der Waals surface area contributed by atoms with E-state index in [1.54, 1.807) is 0 Å². The maximum atomic E-state index is 13.5. The molecule has 0 spiro atoms. The maximum Gasteiger partial charge on any atom is 1.00 e. The fourth-order valence-electron chi connectivity index (χ4n) is 1.28. The molecule has 0 unspecified atom stereocenters. The molecule has 20 heavy (non-hydrogen) atoms. The summed E-state index contributed by atoms with van der Waals surface area (Å²) in [7, 11) is -3.72. The molecule has 0 aromatic heterocycles. The first kappa shape index (κ1) is 20.0. The molecule has 106 valence electrons. The molecule has 0 radical (unpaired) electrons. The number of sulfonamides is 1. The first-order valence-corrected chi connectivity index (χ1v) is 6.17. The SMILES string of the molecule is COC(=O)c1cc(S(N)(=O)=O)cc([B-](F)(F)F)c1F.[K+]. The van der Waals surface area contributed by atoms with Gasteiger partial charge in [-0.15, -0.1) is 0 Å². The molecule has 0 aliphatic rings. The van der Waals surface area contributed by atoms with Crippen molar-refractivity contribution in [1.82, 2.24) is 0 Å². The molecule has 2 N–H and O–H groups in total. The van der Waals surface area contributed by atoms with Crippen molar-refractivity contribution in [2.45, 2.75) is 4.90 Å². The summed E-state index contributed by atoms with van der Waals surface area (Å²) in [5, 5.41) is 4.67. The van der Waals surface area contributed by atoms with Gasteiger partial charge in [0.2, 0.25) is 10.0 Å². The van der Waals surface area contributed by atoms with Crippen molar-refractivity contribution in [3.05, 3.63) is 23.5 Å². The van der Waals surface area contributed by atoms with Gasteiger partial charge in [-0.2, -0.15) is 0 Å². The number of benzene rings is 1. The zero-order valence-electron chi connectivity index (χ0n) is 10.4. The largest absolute Gasteiger partial charge is 1.00 e. The maximum absolute atomic E-state index is 13.5. The molecule has 0 fully saturated rings. The predicted octanol–water partition coefficient (Wildman–Crippen LogP) is -2.68. The zero-order chi connectivity index (χ0) is 15.0. The molecule has 0 aliphatic heterocycles. The summed E-state index contributed by atoms with van der Waals surface area (Å²) < 4.78 is 77.5. The van der Waals surface area contributed by atoms with E-state index in [2.05, 4.69) is 9.88 Å². The van der Waals surface area contributed by atoms with Gasteiger partial charge in [-0.05, 0) is 6.07 Å². The van der Waals surface area contributed by atoms with E-state index in [1.165, 1.54) is 0 Å². The molecule has 0 bridgehead atoms. The summed E-state index contributed by atoms with van der Waals surface area (Å²) in [6, 6.07) is 0.429. The summed E-state index contributed by atoms with van der Waals surface area (Å²) in [5.41, 5.74) is -3.00. The number of carbonyl (C=O) groups is 1. The van der Waals surface area contributed by atoms with E-state index in [9.17, 15) is 30.5 Å². The minimum atomic E-state index is -5.86. The van der Waals surface area contributed by atoms with Crippen LogP contribution in [-0.2, 0) is 14.8 Å². The Kier molecular flexibility index (Phi) is 6.86. The topological polar surface area (TPSA) is 86.5 Å².